The summed E-state index contributed by atoms with van der Waals surface area (Å²) in [6, 6.07) is 13.5. The van der Waals surface area contributed by atoms with Gasteiger partial charge in [0.1, 0.15) is 0 Å². The van der Waals surface area contributed by atoms with Crippen molar-refractivity contribution in [3.05, 3.63) is 72.3 Å². The predicted molar refractivity (Wildman–Crippen MR) is 101 cm³/mol. The number of pyridine rings is 1. The van der Waals surface area contributed by atoms with E-state index in [1.807, 2.05) is 65.3 Å². The number of aryl methyl sites for hydroxylation is 1. The molecule has 1 fully saturated rings. The van der Waals surface area contributed by atoms with Gasteiger partial charge in [0.2, 0.25) is 0 Å². The second-order valence-corrected chi connectivity index (χ2v) is 6.71. The highest BCUT2D eigenvalue weighted by Crippen LogP contribution is 2.36. The Morgan fingerprint density at radius 1 is 1.08 bits per heavy atom. The Labute approximate surface area is 153 Å². The second-order valence-electron chi connectivity index (χ2n) is 6.71. The molecule has 132 valence electrons. The molecule has 0 unspecified atom stereocenters. The van der Waals surface area contributed by atoms with Crippen molar-refractivity contribution in [3.8, 4) is 11.1 Å². The molecule has 3 aromatic rings. The normalized spacial score (nSPS) is 17.3. The maximum absolute atomic E-state index is 13.1. The van der Waals surface area contributed by atoms with Crippen LogP contribution < -0.4 is 0 Å². The Balaban J connectivity index is 1.73. The second kappa shape index (κ2) is 7.12. The van der Waals surface area contributed by atoms with Crippen LogP contribution in [0.1, 0.15) is 41.4 Å². The van der Waals surface area contributed by atoms with E-state index in [9.17, 15) is 4.79 Å². The fourth-order valence-electron chi connectivity index (χ4n) is 3.71. The van der Waals surface area contributed by atoms with Crippen molar-refractivity contribution in [2.45, 2.75) is 25.3 Å². The summed E-state index contributed by atoms with van der Waals surface area (Å²) in [6.45, 7) is 0.769. The zero-order valence-electron chi connectivity index (χ0n) is 14.9. The standard InChI is InChI=1S/C21H22N4O/c1-24-15-18(16-10-12-22-13-11-16)20(23-24)19-9-5-6-14-25(19)21(26)17-7-3-2-4-8-17/h2-4,7-8,10-13,15,19H,5-6,9,14H2,1H3/t19-/m0/s1. The summed E-state index contributed by atoms with van der Waals surface area (Å²) in [7, 11) is 1.93. The van der Waals surface area contributed by atoms with Crippen LogP contribution in [0.4, 0.5) is 0 Å². The first-order valence-electron chi connectivity index (χ1n) is 9.04. The molecule has 5 nitrogen and oxygen atoms in total. The fraction of sp³-hybridized carbons (Fsp3) is 0.286. The van der Waals surface area contributed by atoms with Gasteiger partial charge in [0.15, 0.2) is 0 Å². The molecule has 0 radical (unpaired) electrons. The van der Waals surface area contributed by atoms with E-state index in [0.29, 0.717) is 0 Å². The number of rotatable bonds is 3. The molecule has 1 saturated heterocycles. The number of hydrogen-bond acceptors (Lipinski definition) is 3. The summed E-state index contributed by atoms with van der Waals surface area (Å²) in [5.74, 6) is 0.0848. The minimum atomic E-state index is 0.000761. The number of aromatic nitrogens is 3. The zero-order valence-corrected chi connectivity index (χ0v) is 14.9. The molecule has 1 atom stereocenters. The van der Waals surface area contributed by atoms with Gasteiger partial charge in [0, 0.05) is 43.3 Å². The number of carbonyl (C=O) groups excluding carboxylic acids is 1. The third-order valence-corrected chi connectivity index (χ3v) is 4.95. The summed E-state index contributed by atoms with van der Waals surface area (Å²) in [5, 5.41) is 4.74. The lowest BCUT2D eigenvalue weighted by Gasteiger charge is -2.35. The SMILES string of the molecule is Cn1cc(-c2ccncc2)c([C@@H]2CCCCN2C(=O)c2ccccc2)n1. The van der Waals surface area contributed by atoms with Crippen LogP contribution in [0.25, 0.3) is 11.1 Å². The van der Waals surface area contributed by atoms with Crippen molar-refractivity contribution in [1.29, 1.82) is 0 Å². The third-order valence-electron chi connectivity index (χ3n) is 4.95. The van der Waals surface area contributed by atoms with E-state index in [2.05, 4.69) is 4.98 Å². The van der Waals surface area contributed by atoms with Crippen LogP contribution in [-0.4, -0.2) is 32.1 Å². The lowest BCUT2D eigenvalue weighted by molar-refractivity contribution is 0.0606. The predicted octanol–water partition coefficient (Wildman–Crippen LogP) is 3.85. The minimum Gasteiger partial charge on any atom is -0.330 e. The number of benzene rings is 1. The van der Waals surface area contributed by atoms with Gasteiger partial charge < -0.3 is 4.90 Å². The van der Waals surface area contributed by atoms with Gasteiger partial charge >= 0.3 is 0 Å². The molecular weight excluding hydrogens is 324 g/mol. The minimum absolute atomic E-state index is 0.000761. The van der Waals surface area contributed by atoms with Crippen molar-refractivity contribution in [2.24, 2.45) is 7.05 Å². The van der Waals surface area contributed by atoms with Crippen molar-refractivity contribution in [1.82, 2.24) is 19.7 Å². The average Bonchev–Trinajstić information content (AvgIpc) is 3.10. The van der Waals surface area contributed by atoms with Gasteiger partial charge in [-0.25, -0.2) is 0 Å². The molecule has 1 aliphatic heterocycles. The summed E-state index contributed by atoms with van der Waals surface area (Å²) < 4.78 is 1.84. The molecule has 1 aliphatic rings. The Hall–Kier alpha value is -2.95. The van der Waals surface area contributed by atoms with Crippen LogP contribution in [-0.2, 0) is 7.05 Å². The lowest BCUT2D eigenvalue weighted by Crippen LogP contribution is -2.39. The van der Waals surface area contributed by atoms with E-state index in [-0.39, 0.29) is 11.9 Å². The molecular formula is C21H22N4O. The van der Waals surface area contributed by atoms with Crippen LogP contribution in [0.2, 0.25) is 0 Å². The number of nitrogens with zero attached hydrogens (tertiary/aromatic N) is 4. The van der Waals surface area contributed by atoms with Gasteiger partial charge in [-0.2, -0.15) is 5.10 Å². The van der Waals surface area contributed by atoms with Gasteiger partial charge in [-0.05, 0) is 49.1 Å². The van der Waals surface area contributed by atoms with Crippen molar-refractivity contribution < 1.29 is 4.79 Å². The number of amides is 1. The molecule has 3 heterocycles. The number of carbonyl (C=O) groups is 1. The largest absolute Gasteiger partial charge is 0.330 e. The number of hydrogen-bond donors (Lipinski definition) is 0. The molecule has 0 aliphatic carbocycles. The fourth-order valence-corrected chi connectivity index (χ4v) is 3.71. The highest BCUT2D eigenvalue weighted by molar-refractivity contribution is 5.94. The van der Waals surface area contributed by atoms with Crippen LogP contribution >= 0.6 is 0 Å². The maximum atomic E-state index is 13.1. The van der Waals surface area contributed by atoms with Gasteiger partial charge in [0.25, 0.3) is 5.91 Å². The van der Waals surface area contributed by atoms with Crippen LogP contribution in [0.5, 0.6) is 0 Å². The van der Waals surface area contributed by atoms with E-state index in [4.69, 9.17) is 5.10 Å². The molecule has 0 N–H and O–H groups in total. The smallest absolute Gasteiger partial charge is 0.254 e. The van der Waals surface area contributed by atoms with Crippen molar-refractivity contribution in [3.63, 3.8) is 0 Å². The zero-order chi connectivity index (χ0) is 17.9. The lowest BCUT2D eigenvalue weighted by atomic mass is 9.94. The molecule has 1 amide bonds. The van der Waals surface area contributed by atoms with Gasteiger partial charge in [-0.3, -0.25) is 14.5 Å². The molecule has 2 aromatic heterocycles. The summed E-state index contributed by atoms with van der Waals surface area (Å²) in [4.78, 5) is 19.2. The Kier molecular flexibility index (Phi) is 4.52. The topological polar surface area (TPSA) is 51.0 Å². The van der Waals surface area contributed by atoms with Crippen molar-refractivity contribution >= 4 is 5.91 Å². The molecule has 0 spiro atoms. The van der Waals surface area contributed by atoms with Crippen LogP contribution in [0.15, 0.2) is 61.1 Å². The van der Waals surface area contributed by atoms with E-state index in [1.165, 1.54) is 0 Å². The quantitative estimate of drug-likeness (QED) is 0.724. The van der Waals surface area contributed by atoms with E-state index in [0.717, 1.165) is 48.2 Å². The molecule has 26 heavy (non-hydrogen) atoms. The molecule has 0 bridgehead atoms. The van der Waals surface area contributed by atoms with Gasteiger partial charge in [-0.15, -0.1) is 0 Å². The molecule has 4 rings (SSSR count). The monoisotopic (exact) mass is 346 g/mol. The molecule has 1 aromatic carbocycles. The van der Waals surface area contributed by atoms with Crippen LogP contribution in [0.3, 0.4) is 0 Å². The highest BCUT2D eigenvalue weighted by atomic mass is 16.2. The van der Waals surface area contributed by atoms with Crippen molar-refractivity contribution in [2.75, 3.05) is 6.54 Å². The Morgan fingerprint density at radius 3 is 2.62 bits per heavy atom. The third kappa shape index (κ3) is 3.12. The number of likely N-dealkylation sites (tertiary alicyclic amines) is 1. The first-order chi connectivity index (χ1) is 12.7. The van der Waals surface area contributed by atoms with Gasteiger partial charge in [-0.1, -0.05) is 18.2 Å². The number of piperidine rings is 1. The summed E-state index contributed by atoms with van der Waals surface area (Å²) >= 11 is 0. The molecule has 5 heteroatoms. The van der Waals surface area contributed by atoms with E-state index in [1.54, 1.807) is 12.4 Å². The van der Waals surface area contributed by atoms with Crippen LogP contribution in [0, 0.1) is 0 Å². The average molecular weight is 346 g/mol. The summed E-state index contributed by atoms with van der Waals surface area (Å²) in [5.41, 5.74) is 3.87. The van der Waals surface area contributed by atoms with Gasteiger partial charge in [0.05, 0.1) is 11.7 Å². The molecule has 0 saturated carbocycles. The highest BCUT2D eigenvalue weighted by Gasteiger charge is 2.32. The Morgan fingerprint density at radius 2 is 1.85 bits per heavy atom. The first-order valence-corrected chi connectivity index (χ1v) is 9.04. The summed E-state index contributed by atoms with van der Waals surface area (Å²) in [6.07, 6.45) is 8.69. The first kappa shape index (κ1) is 16.5. The van der Waals surface area contributed by atoms with E-state index >= 15 is 0 Å². The Bertz CT molecular complexity index is 889. The maximum Gasteiger partial charge on any atom is 0.254 e. The van der Waals surface area contributed by atoms with E-state index < -0.39 is 0 Å².